The number of nitro benzene ring substituents is 2. The summed E-state index contributed by atoms with van der Waals surface area (Å²) in [5.74, 6) is 0.364. The van der Waals surface area contributed by atoms with Crippen molar-refractivity contribution < 1.29 is 19.1 Å². The van der Waals surface area contributed by atoms with Crippen LogP contribution in [-0.2, 0) is 0 Å². The summed E-state index contributed by atoms with van der Waals surface area (Å²) in [6.45, 7) is 0. The van der Waals surface area contributed by atoms with E-state index in [4.69, 9.17) is 4.42 Å². The molecule has 0 fully saturated rings. The molecule has 0 atom stereocenters. The molecular formula is C29H18N2O6. The molecule has 0 radical (unpaired) electrons. The number of rotatable bonds is 7. The van der Waals surface area contributed by atoms with Crippen LogP contribution >= 0.6 is 0 Å². The van der Waals surface area contributed by atoms with E-state index in [9.17, 15) is 25.0 Å². The molecule has 8 heteroatoms. The first kappa shape index (κ1) is 23.4. The maximum Gasteiger partial charge on any atom is 0.269 e. The van der Waals surface area contributed by atoms with E-state index in [1.54, 1.807) is 48.5 Å². The van der Waals surface area contributed by atoms with Crippen molar-refractivity contribution in [3.05, 3.63) is 141 Å². The van der Waals surface area contributed by atoms with E-state index >= 15 is 0 Å². The van der Waals surface area contributed by atoms with Gasteiger partial charge in [0.1, 0.15) is 11.5 Å². The number of benzene rings is 4. The van der Waals surface area contributed by atoms with Crippen molar-refractivity contribution in [2.45, 2.75) is 0 Å². The van der Waals surface area contributed by atoms with Crippen LogP contribution in [-0.4, -0.2) is 15.6 Å². The smallest absolute Gasteiger partial charge is 0.269 e. The highest BCUT2D eigenvalue weighted by atomic mass is 16.6. The monoisotopic (exact) mass is 490 g/mol. The normalized spacial score (nSPS) is 10.7. The number of non-ortho nitro benzene ring substituents is 2. The Labute approximate surface area is 210 Å². The van der Waals surface area contributed by atoms with Crippen LogP contribution in [0.1, 0.15) is 15.9 Å². The van der Waals surface area contributed by atoms with Crippen LogP contribution in [0.4, 0.5) is 11.4 Å². The van der Waals surface area contributed by atoms with Crippen LogP contribution in [0.25, 0.3) is 33.8 Å². The largest absolute Gasteiger partial charge is 0.455 e. The molecule has 4 aromatic carbocycles. The lowest BCUT2D eigenvalue weighted by atomic mass is 9.91. The van der Waals surface area contributed by atoms with Crippen molar-refractivity contribution in [1.82, 2.24) is 0 Å². The zero-order valence-corrected chi connectivity index (χ0v) is 19.2. The first-order valence-electron chi connectivity index (χ1n) is 11.3. The number of ketones is 1. The first-order chi connectivity index (χ1) is 17.9. The molecule has 0 N–H and O–H groups in total. The quantitative estimate of drug-likeness (QED) is 0.134. The Balaban J connectivity index is 1.82. The summed E-state index contributed by atoms with van der Waals surface area (Å²) in [5, 5.41) is 22.4. The zero-order chi connectivity index (χ0) is 25.9. The molecular weight excluding hydrogens is 472 g/mol. The Kier molecular flexibility index (Phi) is 6.13. The molecule has 37 heavy (non-hydrogen) atoms. The predicted octanol–water partition coefficient (Wildman–Crippen LogP) is 7.33. The van der Waals surface area contributed by atoms with Gasteiger partial charge in [-0.25, -0.2) is 0 Å². The fourth-order valence-electron chi connectivity index (χ4n) is 4.14. The van der Waals surface area contributed by atoms with E-state index in [-0.39, 0.29) is 17.2 Å². The summed E-state index contributed by atoms with van der Waals surface area (Å²) in [6.07, 6.45) is 0. The van der Waals surface area contributed by atoms with Crippen molar-refractivity contribution in [1.29, 1.82) is 0 Å². The average molecular weight is 490 g/mol. The Morgan fingerprint density at radius 1 is 0.568 bits per heavy atom. The second-order valence-electron chi connectivity index (χ2n) is 8.18. The molecule has 0 unspecified atom stereocenters. The number of nitro groups is 2. The molecule has 0 bridgehead atoms. The van der Waals surface area contributed by atoms with Gasteiger partial charge in [0.05, 0.1) is 15.4 Å². The molecule has 1 heterocycles. The van der Waals surface area contributed by atoms with Gasteiger partial charge in [0.15, 0.2) is 5.78 Å². The molecule has 0 aliphatic heterocycles. The molecule has 0 spiro atoms. The fraction of sp³-hybridized carbons (Fsp3) is 0. The zero-order valence-electron chi connectivity index (χ0n) is 19.2. The fourth-order valence-corrected chi connectivity index (χ4v) is 4.14. The SMILES string of the molecule is O=C(c1ccccc1)c1c(-c2ccccc2)oc(-c2ccc([N+](=O)[O-])cc2)c1-c1ccc([N+](=O)[O-])cc1. The van der Waals surface area contributed by atoms with Gasteiger partial charge in [0, 0.05) is 46.5 Å². The minimum atomic E-state index is -0.498. The molecule has 0 aliphatic rings. The van der Waals surface area contributed by atoms with E-state index in [0.29, 0.717) is 44.9 Å². The van der Waals surface area contributed by atoms with Crippen molar-refractivity contribution >= 4 is 17.2 Å². The highest BCUT2D eigenvalue weighted by Crippen LogP contribution is 2.44. The van der Waals surface area contributed by atoms with Crippen molar-refractivity contribution in [3.8, 4) is 33.8 Å². The van der Waals surface area contributed by atoms with Crippen molar-refractivity contribution in [2.24, 2.45) is 0 Å². The summed E-state index contributed by atoms with van der Waals surface area (Å²) < 4.78 is 6.37. The third kappa shape index (κ3) is 4.51. The molecule has 0 amide bonds. The van der Waals surface area contributed by atoms with Crippen LogP contribution in [0.5, 0.6) is 0 Å². The molecule has 180 valence electrons. The van der Waals surface area contributed by atoms with E-state index in [1.807, 2.05) is 36.4 Å². The van der Waals surface area contributed by atoms with Gasteiger partial charge < -0.3 is 4.42 Å². The summed E-state index contributed by atoms with van der Waals surface area (Å²) in [6, 6.07) is 29.6. The summed E-state index contributed by atoms with van der Waals surface area (Å²) in [7, 11) is 0. The molecule has 1 aromatic heterocycles. The third-order valence-corrected chi connectivity index (χ3v) is 5.91. The number of carbonyl (C=O) groups excluding carboxylic acids is 1. The Morgan fingerprint density at radius 2 is 1.03 bits per heavy atom. The van der Waals surface area contributed by atoms with E-state index < -0.39 is 9.85 Å². The maximum absolute atomic E-state index is 13.9. The lowest BCUT2D eigenvalue weighted by Gasteiger charge is -2.08. The van der Waals surface area contributed by atoms with Crippen LogP contribution in [0.15, 0.2) is 114 Å². The summed E-state index contributed by atoms with van der Waals surface area (Å²) in [4.78, 5) is 35.4. The summed E-state index contributed by atoms with van der Waals surface area (Å²) in [5.41, 5.74) is 2.71. The number of nitrogens with zero attached hydrogens (tertiary/aromatic N) is 2. The molecule has 0 saturated carbocycles. The van der Waals surface area contributed by atoms with Crippen molar-refractivity contribution in [3.63, 3.8) is 0 Å². The van der Waals surface area contributed by atoms with Crippen LogP contribution in [0, 0.1) is 20.2 Å². The van der Waals surface area contributed by atoms with E-state index in [0.717, 1.165) is 0 Å². The van der Waals surface area contributed by atoms with Crippen molar-refractivity contribution in [2.75, 3.05) is 0 Å². The topological polar surface area (TPSA) is 116 Å². The standard InChI is InChI=1S/C29H18N2O6/c32-27(20-7-3-1-4-8-20)26-25(19-11-15-23(16-12-19)30(33)34)28(22-13-17-24(18-14-22)31(35)36)37-29(26)21-9-5-2-6-10-21/h1-18H. The third-order valence-electron chi connectivity index (χ3n) is 5.91. The molecule has 5 aromatic rings. The minimum Gasteiger partial charge on any atom is -0.455 e. The number of hydrogen-bond donors (Lipinski definition) is 0. The number of carbonyl (C=O) groups is 1. The second-order valence-corrected chi connectivity index (χ2v) is 8.18. The van der Waals surface area contributed by atoms with Gasteiger partial charge in [-0.15, -0.1) is 0 Å². The highest BCUT2D eigenvalue weighted by molar-refractivity contribution is 6.18. The Morgan fingerprint density at radius 3 is 1.54 bits per heavy atom. The highest BCUT2D eigenvalue weighted by Gasteiger charge is 2.29. The molecule has 5 rings (SSSR count). The Hall–Kier alpha value is -5.37. The lowest BCUT2D eigenvalue weighted by molar-refractivity contribution is -0.385. The van der Waals surface area contributed by atoms with Gasteiger partial charge in [-0.2, -0.15) is 0 Å². The van der Waals surface area contributed by atoms with E-state index in [1.165, 1.54) is 24.3 Å². The summed E-state index contributed by atoms with van der Waals surface area (Å²) >= 11 is 0. The molecule has 0 saturated heterocycles. The van der Waals surface area contributed by atoms with Gasteiger partial charge >= 0.3 is 0 Å². The Bertz CT molecular complexity index is 1610. The van der Waals surface area contributed by atoms with Gasteiger partial charge in [-0.05, 0) is 29.8 Å². The van der Waals surface area contributed by atoms with Crippen LogP contribution in [0.3, 0.4) is 0 Å². The van der Waals surface area contributed by atoms with Gasteiger partial charge in [0.25, 0.3) is 11.4 Å². The predicted molar refractivity (Wildman–Crippen MR) is 138 cm³/mol. The maximum atomic E-state index is 13.9. The average Bonchev–Trinajstić information content (AvgIpc) is 3.34. The number of furan rings is 1. The minimum absolute atomic E-state index is 0.0870. The second kappa shape index (κ2) is 9.71. The first-order valence-corrected chi connectivity index (χ1v) is 11.3. The molecule has 0 aliphatic carbocycles. The number of hydrogen-bond acceptors (Lipinski definition) is 6. The van der Waals surface area contributed by atoms with Crippen LogP contribution < -0.4 is 0 Å². The van der Waals surface area contributed by atoms with E-state index in [2.05, 4.69) is 0 Å². The van der Waals surface area contributed by atoms with Crippen LogP contribution in [0.2, 0.25) is 0 Å². The molecule has 8 nitrogen and oxygen atoms in total. The lowest BCUT2D eigenvalue weighted by Crippen LogP contribution is -2.03. The van der Waals surface area contributed by atoms with Gasteiger partial charge in [-0.1, -0.05) is 60.7 Å². The van der Waals surface area contributed by atoms with Gasteiger partial charge in [-0.3, -0.25) is 25.0 Å². The van der Waals surface area contributed by atoms with Gasteiger partial charge in [0.2, 0.25) is 0 Å².